The molecule has 1 atom stereocenters. The van der Waals surface area contributed by atoms with Crippen LogP contribution in [0.3, 0.4) is 0 Å². The maximum absolute atomic E-state index is 10.1. The fourth-order valence-corrected chi connectivity index (χ4v) is 1.83. The lowest BCUT2D eigenvalue weighted by molar-refractivity contribution is 0.0261. The zero-order valence-corrected chi connectivity index (χ0v) is 9.31. The largest absolute Gasteiger partial charge is 0.387 e. The van der Waals surface area contributed by atoms with E-state index in [4.69, 9.17) is 4.74 Å². The van der Waals surface area contributed by atoms with Crippen LogP contribution in [-0.4, -0.2) is 33.7 Å². The predicted molar refractivity (Wildman–Crippen MR) is 56.7 cm³/mol. The lowest BCUT2D eigenvalue weighted by Gasteiger charge is -2.18. The minimum absolute atomic E-state index is 0.369. The van der Waals surface area contributed by atoms with E-state index in [9.17, 15) is 5.11 Å². The van der Waals surface area contributed by atoms with Gasteiger partial charge in [-0.3, -0.25) is 4.68 Å². The van der Waals surface area contributed by atoms with Gasteiger partial charge in [-0.25, -0.2) is 0 Å². The van der Waals surface area contributed by atoms with Crippen LogP contribution in [0.15, 0.2) is 12.3 Å². The minimum Gasteiger partial charge on any atom is -0.387 e. The van der Waals surface area contributed by atoms with E-state index in [-0.39, 0.29) is 0 Å². The van der Waals surface area contributed by atoms with E-state index in [2.05, 4.69) is 18.9 Å². The Morgan fingerprint density at radius 3 is 3.00 bits per heavy atom. The first-order chi connectivity index (χ1) is 7.09. The molecule has 84 valence electrons. The van der Waals surface area contributed by atoms with E-state index in [0.717, 1.165) is 5.69 Å². The predicted octanol–water partition coefficient (Wildman–Crippen LogP) is 1.16. The van der Waals surface area contributed by atoms with Gasteiger partial charge in [-0.15, -0.1) is 0 Å². The molecule has 0 aromatic carbocycles. The highest BCUT2D eigenvalue weighted by Crippen LogP contribution is 2.22. The molecule has 1 aliphatic heterocycles. The Kier molecular flexibility index (Phi) is 2.80. The molecule has 1 unspecified atom stereocenters. The van der Waals surface area contributed by atoms with Gasteiger partial charge in [0.25, 0.3) is 0 Å². The molecule has 0 amide bonds. The van der Waals surface area contributed by atoms with Gasteiger partial charge in [-0.05, 0) is 19.9 Å². The normalized spacial score (nSPS) is 26.4. The fraction of sp³-hybridized carbons (Fsp3) is 0.727. The second-order valence-electron chi connectivity index (χ2n) is 4.58. The van der Waals surface area contributed by atoms with Crippen molar-refractivity contribution in [3.8, 4) is 0 Å². The maximum Gasteiger partial charge on any atom is 0.0957 e. The van der Waals surface area contributed by atoms with Crippen molar-refractivity contribution < 1.29 is 9.84 Å². The molecule has 1 aromatic rings. The lowest BCUT2D eigenvalue weighted by atomic mass is 9.97. The lowest BCUT2D eigenvalue weighted by Crippen LogP contribution is -2.31. The summed E-state index contributed by atoms with van der Waals surface area (Å²) in [7, 11) is 0. The third-order valence-electron chi connectivity index (χ3n) is 2.79. The molecule has 1 aliphatic rings. The van der Waals surface area contributed by atoms with E-state index < -0.39 is 5.60 Å². The Bertz CT molecular complexity index is 327. The quantitative estimate of drug-likeness (QED) is 0.814. The van der Waals surface area contributed by atoms with E-state index >= 15 is 0 Å². The molecule has 1 aromatic heterocycles. The third-order valence-corrected chi connectivity index (χ3v) is 2.79. The molecule has 0 bridgehead atoms. The molecule has 2 heterocycles. The van der Waals surface area contributed by atoms with Crippen LogP contribution in [0, 0.1) is 0 Å². The highest BCUT2D eigenvalue weighted by molar-refractivity contribution is 5.05. The monoisotopic (exact) mass is 210 g/mol. The summed E-state index contributed by atoms with van der Waals surface area (Å²) in [4.78, 5) is 0. The van der Waals surface area contributed by atoms with Crippen LogP contribution in [0.25, 0.3) is 0 Å². The number of hydrogen-bond donors (Lipinski definition) is 1. The fourth-order valence-electron chi connectivity index (χ4n) is 1.83. The molecule has 4 heteroatoms. The number of aliphatic hydroxyl groups is 1. The van der Waals surface area contributed by atoms with E-state index in [1.54, 1.807) is 0 Å². The van der Waals surface area contributed by atoms with Crippen molar-refractivity contribution in [1.82, 2.24) is 9.78 Å². The molecule has 1 N–H and O–H groups in total. The van der Waals surface area contributed by atoms with Crippen LogP contribution < -0.4 is 0 Å². The van der Waals surface area contributed by atoms with Gasteiger partial charge in [0.1, 0.15) is 0 Å². The van der Waals surface area contributed by atoms with Gasteiger partial charge in [-0.1, -0.05) is 0 Å². The first kappa shape index (κ1) is 10.6. The van der Waals surface area contributed by atoms with Crippen LogP contribution in [-0.2, 0) is 11.2 Å². The second-order valence-corrected chi connectivity index (χ2v) is 4.58. The Balaban J connectivity index is 2.04. The zero-order chi connectivity index (χ0) is 10.9. The Morgan fingerprint density at radius 1 is 1.67 bits per heavy atom. The Morgan fingerprint density at radius 2 is 2.47 bits per heavy atom. The van der Waals surface area contributed by atoms with Crippen molar-refractivity contribution in [1.29, 1.82) is 0 Å². The summed E-state index contributed by atoms with van der Waals surface area (Å²) in [5.41, 5.74) is 0.243. The average Bonchev–Trinajstić information content (AvgIpc) is 2.75. The molecule has 0 aliphatic carbocycles. The SMILES string of the molecule is CC(C)n1ccc(CC2(O)CCOC2)n1. The maximum atomic E-state index is 10.1. The Labute approximate surface area is 89.9 Å². The van der Waals surface area contributed by atoms with Crippen molar-refractivity contribution in [2.45, 2.75) is 38.3 Å². The third kappa shape index (κ3) is 2.38. The van der Waals surface area contributed by atoms with Gasteiger partial charge >= 0.3 is 0 Å². The minimum atomic E-state index is -0.698. The van der Waals surface area contributed by atoms with Crippen molar-refractivity contribution in [3.05, 3.63) is 18.0 Å². The number of hydrogen-bond acceptors (Lipinski definition) is 3. The number of nitrogens with zero attached hydrogens (tertiary/aromatic N) is 2. The van der Waals surface area contributed by atoms with Crippen molar-refractivity contribution in [2.24, 2.45) is 0 Å². The first-order valence-electron chi connectivity index (χ1n) is 5.43. The van der Waals surface area contributed by atoms with Crippen LogP contribution in [0.2, 0.25) is 0 Å². The van der Waals surface area contributed by atoms with Crippen LogP contribution >= 0.6 is 0 Å². The van der Waals surface area contributed by atoms with Crippen LogP contribution in [0.1, 0.15) is 32.0 Å². The topological polar surface area (TPSA) is 47.3 Å². The van der Waals surface area contributed by atoms with Gasteiger partial charge < -0.3 is 9.84 Å². The highest BCUT2D eigenvalue weighted by Gasteiger charge is 2.33. The first-order valence-corrected chi connectivity index (χ1v) is 5.43. The molecule has 1 fully saturated rings. The van der Waals surface area contributed by atoms with E-state index in [1.807, 2.05) is 16.9 Å². The summed E-state index contributed by atoms with van der Waals surface area (Å²) in [6.45, 7) is 5.26. The number of rotatable bonds is 3. The summed E-state index contributed by atoms with van der Waals surface area (Å²) in [6, 6.07) is 2.34. The van der Waals surface area contributed by atoms with Gasteiger partial charge in [-0.2, -0.15) is 5.10 Å². The summed E-state index contributed by atoms with van der Waals surface area (Å²) in [5.74, 6) is 0. The molecule has 4 nitrogen and oxygen atoms in total. The van der Waals surface area contributed by atoms with Crippen molar-refractivity contribution in [2.75, 3.05) is 13.2 Å². The van der Waals surface area contributed by atoms with Gasteiger partial charge in [0, 0.05) is 31.7 Å². The average molecular weight is 210 g/mol. The summed E-state index contributed by atoms with van der Waals surface area (Å²) in [5, 5.41) is 14.5. The summed E-state index contributed by atoms with van der Waals surface area (Å²) >= 11 is 0. The standard InChI is InChI=1S/C11H18N2O2/c1-9(2)13-5-3-10(12-13)7-11(14)4-6-15-8-11/h3,5,9,14H,4,6-8H2,1-2H3. The molecular weight excluding hydrogens is 192 g/mol. The van der Waals surface area contributed by atoms with Gasteiger partial charge in [0.15, 0.2) is 0 Å². The molecule has 0 spiro atoms. The highest BCUT2D eigenvalue weighted by atomic mass is 16.5. The zero-order valence-electron chi connectivity index (χ0n) is 9.31. The number of aromatic nitrogens is 2. The molecule has 0 saturated carbocycles. The molecular formula is C11H18N2O2. The summed E-state index contributed by atoms with van der Waals surface area (Å²) in [6.07, 6.45) is 3.26. The van der Waals surface area contributed by atoms with Gasteiger partial charge in [0.05, 0.1) is 17.9 Å². The van der Waals surface area contributed by atoms with Gasteiger partial charge in [0.2, 0.25) is 0 Å². The molecule has 1 saturated heterocycles. The summed E-state index contributed by atoms with van der Waals surface area (Å²) < 4.78 is 7.11. The van der Waals surface area contributed by atoms with Crippen LogP contribution in [0.5, 0.6) is 0 Å². The molecule has 15 heavy (non-hydrogen) atoms. The molecule has 2 rings (SSSR count). The second kappa shape index (κ2) is 3.94. The smallest absolute Gasteiger partial charge is 0.0957 e. The van der Waals surface area contributed by atoms with Crippen LogP contribution in [0.4, 0.5) is 0 Å². The number of ether oxygens (including phenoxy) is 1. The van der Waals surface area contributed by atoms with E-state index in [0.29, 0.717) is 32.1 Å². The Hall–Kier alpha value is -0.870. The van der Waals surface area contributed by atoms with Crippen molar-refractivity contribution >= 4 is 0 Å². The van der Waals surface area contributed by atoms with E-state index in [1.165, 1.54) is 0 Å². The molecule has 0 radical (unpaired) electrons. The van der Waals surface area contributed by atoms with Crippen molar-refractivity contribution in [3.63, 3.8) is 0 Å².